The lowest BCUT2D eigenvalue weighted by Gasteiger charge is -2.25. The van der Waals surface area contributed by atoms with Gasteiger partial charge in [-0.2, -0.15) is 0 Å². The van der Waals surface area contributed by atoms with Crippen molar-refractivity contribution in [3.05, 3.63) is 0 Å². The van der Waals surface area contributed by atoms with Crippen molar-refractivity contribution in [1.29, 1.82) is 0 Å². The average Bonchev–Trinajstić information content (AvgIpc) is 2.28. The number of rotatable bonds is 5. The summed E-state index contributed by atoms with van der Waals surface area (Å²) >= 11 is 0. The number of hydrogen-bond acceptors (Lipinski definition) is 3. The Morgan fingerprint density at radius 2 is 2.25 bits per heavy atom. The first-order valence-electron chi connectivity index (χ1n) is 6.16. The van der Waals surface area contributed by atoms with Crippen LogP contribution in [0.2, 0.25) is 0 Å². The Morgan fingerprint density at radius 3 is 2.75 bits per heavy atom. The van der Waals surface area contributed by atoms with Gasteiger partial charge in [-0.05, 0) is 31.6 Å². The molecule has 2 unspecified atom stereocenters. The van der Waals surface area contributed by atoms with Crippen LogP contribution in [0.1, 0.15) is 39.5 Å². The predicted molar refractivity (Wildman–Crippen MR) is 62.1 cm³/mol. The fourth-order valence-corrected chi connectivity index (χ4v) is 1.99. The topological polar surface area (TPSA) is 58.6 Å². The van der Waals surface area contributed by atoms with Gasteiger partial charge in [-0.1, -0.05) is 13.8 Å². The molecule has 2 N–H and O–H groups in total. The highest BCUT2D eigenvalue weighted by molar-refractivity contribution is 5.81. The Kier molecular flexibility index (Phi) is 5.77. The van der Waals surface area contributed by atoms with Crippen LogP contribution in [0.3, 0.4) is 0 Å². The number of amides is 1. The van der Waals surface area contributed by atoms with Crippen molar-refractivity contribution in [2.24, 2.45) is 5.92 Å². The summed E-state index contributed by atoms with van der Waals surface area (Å²) in [5.74, 6) is 0.393. The number of aliphatic hydroxyl groups excluding tert-OH is 1. The Bertz CT molecular complexity index is 212. The van der Waals surface area contributed by atoms with E-state index in [9.17, 15) is 4.79 Å². The molecule has 0 aromatic heterocycles. The molecule has 16 heavy (non-hydrogen) atoms. The third kappa shape index (κ3) is 4.49. The lowest BCUT2D eigenvalue weighted by Crippen LogP contribution is -2.45. The van der Waals surface area contributed by atoms with E-state index in [1.54, 1.807) is 0 Å². The third-order valence-corrected chi connectivity index (χ3v) is 2.79. The summed E-state index contributed by atoms with van der Waals surface area (Å²) in [6.45, 7) is 4.82. The largest absolute Gasteiger partial charge is 0.394 e. The first kappa shape index (κ1) is 13.5. The third-order valence-electron chi connectivity index (χ3n) is 2.79. The van der Waals surface area contributed by atoms with Gasteiger partial charge in [-0.25, -0.2) is 0 Å². The first-order valence-corrected chi connectivity index (χ1v) is 6.16. The van der Waals surface area contributed by atoms with Crippen molar-refractivity contribution in [2.75, 3.05) is 13.2 Å². The van der Waals surface area contributed by atoms with Gasteiger partial charge in [0.25, 0.3) is 0 Å². The molecule has 0 aliphatic carbocycles. The molecule has 0 bridgehead atoms. The Labute approximate surface area is 97.4 Å². The van der Waals surface area contributed by atoms with Gasteiger partial charge >= 0.3 is 0 Å². The van der Waals surface area contributed by atoms with Gasteiger partial charge in [-0.15, -0.1) is 0 Å². The van der Waals surface area contributed by atoms with Gasteiger partial charge in [-0.3, -0.25) is 4.79 Å². The highest BCUT2D eigenvalue weighted by Crippen LogP contribution is 2.13. The van der Waals surface area contributed by atoms with Crippen molar-refractivity contribution in [3.8, 4) is 0 Å². The normalized spacial score (nSPS) is 23.1. The Hall–Kier alpha value is -0.610. The lowest BCUT2D eigenvalue weighted by molar-refractivity contribution is -0.136. The Balaban J connectivity index is 2.35. The van der Waals surface area contributed by atoms with Crippen LogP contribution in [0, 0.1) is 5.92 Å². The molecule has 2 atom stereocenters. The minimum atomic E-state index is -0.310. The summed E-state index contributed by atoms with van der Waals surface area (Å²) in [6.07, 6.45) is 3.38. The fraction of sp³-hybridized carbons (Fsp3) is 0.917. The molecule has 0 aromatic rings. The monoisotopic (exact) mass is 229 g/mol. The van der Waals surface area contributed by atoms with Crippen molar-refractivity contribution in [2.45, 2.75) is 51.7 Å². The number of carbonyl (C=O) groups is 1. The SMILES string of the molecule is CC(C)CC(CO)NC(=O)C1CCCCO1. The van der Waals surface area contributed by atoms with Gasteiger partial charge in [0, 0.05) is 6.61 Å². The van der Waals surface area contributed by atoms with Crippen molar-refractivity contribution < 1.29 is 14.6 Å². The summed E-state index contributed by atoms with van der Waals surface area (Å²) in [6, 6.07) is -0.141. The summed E-state index contributed by atoms with van der Waals surface area (Å²) in [5.41, 5.74) is 0. The first-order chi connectivity index (χ1) is 7.63. The zero-order valence-electron chi connectivity index (χ0n) is 10.2. The van der Waals surface area contributed by atoms with Crippen LogP contribution < -0.4 is 5.32 Å². The fourth-order valence-electron chi connectivity index (χ4n) is 1.99. The summed E-state index contributed by atoms with van der Waals surface area (Å²) in [5, 5.41) is 12.0. The molecule has 94 valence electrons. The standard InChI is InChI=1S/C12H23NO3/c1-9(2)7-10(8-14)13-12(15)11-5-3-4-6-16-11/h9-11,14H,3-8H2,1-2H3,(H,13,15). The van der Waals surface area contributed by atoms with E-state index < -0.39 is 0 Å². The zero-order chi connectivity index (χ0) is 12.0. The van der Waals surface area contributed by atoms with Crippen LogP contribution in [0.5, 0.6) is 0 Å². The molecule has 0 aromatic carbocycles. The number of ether oxygens (including phenoxy) is 1. The van der Waals surface area contributed by atoms with E-state index in [2.05, 4.69) is 19.2 Å². The van der Waals surface area contributed by atoms with Gasteiger partial charge in [0.05, 0.1) is 12.6 Å². The maximum Gasteiger partial charge on any atom is 0.249 e. The van der Waals surface area contributed by atoms with Crippen LogP contribution in [0.4, 0.5) is 0 Å². The lowest BCUT2D eigenvalue weighted by atomic mass is 10.0. The van der Waals surface area contributed by atoms with Gasteiger partial charge in [0.15, 0.2) is 0 Å². The smallest absolute Gasteiger partial charge is 0.249 e. The van der Waals surface area contributed by atoms with Crippen molar-refractivity contribution in [3.63, 3.8) is 0 Å². The van der Waals surface area contributed by atoms with Crippen LogP contribution in [0.15, 0.2) is 0 Å². The van der Waals surface area contributed by atoms with Crippen LogP contribution in [-0.2, 0) is 9.53 Å². The molecule has 1 fully saturated rings. The van der Waals surface area contributed by atoms with Gasteiger partial charge in [0.1, 0.15) is 6.10 Å². The molecule has 1 heterocycles. The maximum absolute atomic E-state index is 11.8. The van der Waals surface area contributed by atoms with E-state index in [-0.39, 0.29) is 24.7 Å². The molecule has 0 radical (unpaired) electrons. The van der Waals surface area contributed by atoms with E-state index >= 15 is 0 Å². The van der Waals surface area contributed by atoms with E-state index in [1.807, 2.05) is 0 Å². The minimum Gasteiger partial charge on any atom is -0.394 e. The molecule has 1 aliphatic rings. The second kappa shape index (κ2) is 6.86. The molecule has 4 nitrogen and oxygen atoms in total. The molecule has 1 rings (SSSR count). The van der Waals surface area contributed by atoms with E-state index in [0.717, 1.165) is 25.7 Å². The molecular formula is C12H23NO3. The average molecular weight is 229 g/mol. The molecule has 1 amide bonds. The highest BCUT2D eigenvalue weighted by Gasteiger charge is 2.24. The van der Waals surface area contributed by atoms with Crippen molar-refractivity contribution in [1.82, 2.24) is 5.32 Å². The van der Waals surface area contributed by atoms with Crippen molar-refractivity contribution >= 4 is 5.91 Å². The zero-order valence-corrected chi connectivity index (χ0v) is 10.2. The molecule has 0 spiro atoms. The molecule has 1 aliphatic heterocycles. The summed E-state index contributed by atoms with van der Waals surface area (Å²) < 4.78 is 5.40. The van der Waals surface area contributed by atoms with E-state index in [4.69, 9.17) is 9.84 Å². The van der Waals surface area contributed by atoms with E-state index in [0.29, 0.717) is 12.5 Å². The van der Waals surface area contributed by atoms with E-state index in [1.165, 1.54) is 0 Å². The molecular weight excluding hydrogens is 206 g/mol. The summed E-state index contributed by atoms with van der Waals surface area (Å²) in [7, 11) is 0. The predicted octanol–water partition coefficient (Wildman–Crippen LogP) is 1.08. The number of aliphatic hydroxyl groups is 1. The maximum atomic E-state index is 11.8. The van der Waals surface area contributed by atoms with Gasteiger partial charge < -0.3 is 15.2 Å². The number of nitrogens with one attached hydrogen (secondary N) is 1. The van der Waals surface area contributed by atoms with Gasteiger partial charge in [0.2, 0.25) is 5.91 Å². The number of carbonyl (C=O) groups excluding carboxylic acids is 1. The number of hydrogen-bond donors (Lipinski definition) is 2. The Morgan fingerprint density at radius 1 is 1.50 bits per heavy atom. The minimum absolute atomic E-state index is 0.00333. The molecule has 1 saturated heterocycles. The van der Waals surface area contributed by atoms with Crippen LogP contribution >= 0.6 is 0 Å². The van der Waals surface area contributed by atoms with Crippen LogP contribution in [0.25, 0.3) is 0 Å². The molecule has 0 saturated carbocycles. The quantitative estimate of drug-likeness (QED) is 0.741. The molecule has 4 heteroatoms. The second-order valence-corrected chi connectivity index (χ2v) is 4.87. The highest BCUT2D eigenvalue weighted by atomic mass is 16.5. The summed E-state index contributed by atoms with van der Waals surface area (Å²) in [4.78, 5) is 11.8. The second-order valence-electron chi connectivity index (χ2n) is 4.87. The van der Waals surface area contributed by atoms with Crippen LogP contribution in [-0.4, -0.2) is 36.4 Å².